The van der Waals surface area contributed by atoms with Crippen LogP contribution < -0.4 is 5.32 Å². The molecule has 0 fully saturated rings. The van der Waals surface area contributed by atoms with Crippen molar-refractivity contribution in [3.8, 4) is 0 Å². The Morgan fingerprint density at radius 2 is 1.85 bits per heavy atom. The summed E-state index contributed by atoms with van der Waals surface area (Å²) in [5.41, 5.74) is 3.25. The van der Waals surface area contributed by atoms with Gasteiger partial charge in [0.05, 0.1) is 0 Å². The highest BCUT2D eigenvalue weighted by Gasteiger charge is 2.06. The molecule has 3 aromatic rings. The van der Waals surface area contributed by atoms with E-state index in [2.05, 4.69) is 36.3 Å². The number of hydrogen-bond acceptors (Lipinski definition) is 3. The average Bonchev–Trinajstić information content (AvgIpc) is 3.09. The van der Waals surface area contributed by atoms with Gasteiger partial charge in [-0.15, -0.1) is 11.3 Å². The molecule has 0 aliphatic rings. The van der Waals surface area contributed by atoms with E-state index in [1.807, 2.05) is 12.1 Å². The summed E-state index contributed by atoms with van der Waals surface area (Å²) in [6.07, 6.45) is 5.68. The summed E-state index contributed by atoms with van der Waals surface area (Å²) in [5, 5.41) is 3.33. The molecule has 0 saturated heterocycles. The van der Waals surface area contributed by atoms with Crippen molar-refractivity contribution in [2.75, 3.05) is 5.32 Å². The predicted molar refractivity (Wildman–Crippen MR) is 110 cm³/mol. The highest BCUT2D eigenvalue weighted by molar-refractivity contribution is 7.15. The first-order chi connectivity index (χ1) is 13.0. The molecule has 1 aromatic heterocycles. The summed E-state index contributed by atoms with van der Waals surface area (Å²) in [7, 11) is 0. The van der Waals surface area contributed by atoms with Crippen LogP contribution in [0.4, 0.5) is 9.52 Å². The molecule has 0 aliphatic carbocycles. The van der Waals surface area contributed by atoms with Crippen molar-refractivity contribution in [3.63, 3.8) is 0 Å². The molecule has 0 saturated carbocycles. The van der Waals surface area contributed by atoms with E-state index in [4.69, 9.17) is 0 Å². The Morgan fingerprint density at radius 3 is 2.52 bits per heavy atom. The maximum Gasteiger partial charge on any atom is 0.250 e. The molecule has 0 unspecified atom stereocenters. The van der Waals surface area contributed by atoms with E-state index in [9.17, 15) is 9.18 Å². The molecule has 1 amide bonds. The van der Waals surface area contributed by atoms with Crippen molar-refractivity contribution in [2.24, 2.45) is 0 Å². The van der Waals surface area contributed by atoms with Gasteiger partial charge in [-0.25, -0.2) is 9.37 Å². The number of nitrogens with one attached hydrogen (secondary N) is 1. The van der Waals surface area contributed by atoms with Crippen molar-refractivity contribution < 1.29 is 9.18 Å². The largest absolute Gasteiger partial charge is 0.298 e. The number of rotatable bonds is 6. The van der Waals surface area contributed by atoms with Crippen molar-refractivity contribution in [1.82, 2.24) is 4.98 Å². The Bertz CT molecular complexity index is 928. The lowest BCUT2D eigenvalue weighted by molar-refractivity contribution is -0.111. The molecule has 3 nitrogen and oxygen atoms in total. The number of anilines is 1. The predicted octanol–water partition coefficient (Wildman–Crippen LogP) is 5.65. The number of thiazole rings is 1. The van der Waals surface area contributed by atoms with E-state index in [1.165, 1.54) is 35.1 Å². The molecule has 138 valence electrons. The highest BCUT2D eigenvalue weighted by atomic mass is 32.1. The fourth-order valence-corrected chi connectivity index (χ4v) is 3.41. The average molecular weight is 380 g/mol. The molecular formula is C22H21FN2OS. The first-order valence-corrected chi connectivity index (χ1v) is 9.59. The van der Waals surface area contributed by atoms with E-state index in [0.29, 0.717) is 17.5 Å². The number of hydrogen-bond donors (Lipinski definition) is 1. The van der Waals surface area contributed by atoms with E-state index in [-0.39, 0.29) is 11.7 Å². The van der Waals surface area contributed by atoms with Crippen LogP contribution in [0.3, 0.4) is 0 Å². The zero-order valence-electron chi connectivity index (χ0n) is 15.3. The topological polar surface area (TPSA) is 42.0 Å². The minimum Gasteiger partial charge on any atom is -0.298 e. The van der Waals surface area contributed by atoms with Gasteiger partial charge >= 0.3 is 0 Å². The van der Waals surface area contributed by atoms with Crippen molar-refractivity contribution in [2.45, 2.75) is 26.2 Å². The van der Waals surface area contributed by atoms with Crippen molar-refractivity contribution >= 4 is 28.5 Å². The van der Waals surface area contributed by atoms with Gasteiger partial charge in [0.1, 0.15) is 5.82 Å². The first kappa shape index (κ1) is 19.0. The Balaban J connectivity index is 1.56. The van der Waals surface area contributed by atoms with Crippen LogP contribution in [0.5, 0.6) is 0 Å². The molecule has 1 heterocycles. The zero-order chi connectivity index (χ0) is 19.2. The zero-order valence-corrected chi connectivity index (χ0v) is 16.1. The van der Waals surface area contributed by atoms with Gasteiger partial charge in [0.15, 0.2) is 5.13 Å². The molecule has 0 spiro atoms. The third-order valence-electron chi connectivity index (χ3n) is 4.11. The Labute approximate surface area is 162 Å². The summed E-state index contributed by atoms with van der Waals surface area (Å²) >= 11 is 1.42. The Hall–Kier alpha value is -2.79. The monoisotopic (exact) mass is 380 g/mol. The fraction of sp³-hybridized carbons (Fsp3) is 0.182. The molecule has 5 heteroatoms. The molecule has 0 atom stereocenters. The summed E-state index contributed by atoms with van der Waals surface area (Å²) in [4.78, 5) is 17.3. The van der Waals surface area contributed by atoms with E-state index in [0.717, 1.165) is 16.0 Å². The molecule has 0 bridgehead atoms. The van der Waals surface area contributed by atoms with Gasteiger partial charge in [0.25, 0.3) is 0 Å². The number of halogens is 1. The molecular weight excluding hydrogens is 359 g/mol. The second-order valence-electron chi connectivity index (χ2n) is 6.58. The van der Waals surface area contributed by atoms with Crippen LogP contribution in [-0.2, 0) is 11.2 Å². The minimum absolute atomic E-state index is 0.217. The smallest absolute Gasteiger partial charge is 0.250 e. The molecule has 2 aromatic carbocycles. The van der Waals surface area contributed by atoms with Gasteiger partial charge in [-0.3, -0.25) is 10.1 Å². The van der Waals surface area contributed by atoms with Crippen molar-refractivity contribution in [3.05, 3.63) is 88.2 Å². The van der Waals surface area contributed by atoms with Crippen LogP contribution in [-0.4, -0.2) is 10.9 Å². The SMILES string of the molecule is CC(C)c1ccc(C=CC(=O)Nc2ncc(Cc3ccc(F)cc3)s2)cc1. The van der Waals surface area contributed by atoms with Crippen LogP contribution in [0.1, 0.15) is 41.3 Å². The maximum atomic E-state index is 13.0. The van der Waals surface area contributed by atoms with Crippen LogP contribution in [0.25, 0.3) is 6.08 Å². The van der Waals surface area contributed by atoms with Gasteiger partial charge in [-0.05, 0) is 40.8 Å². The lowest BCUT2D eigenvalue weighted by atomic mass is 10.0. The molecule has 3 rings (SSSR count). The summed E-state index contributed by atoms with van der Waals surface area (Å²) in [6, 6.07) is 14.5. The lowest BCUT2D eigenvalue weighted by Crippen LogP contribution is -2.07. The second-order valence-corrected chi connectivity index (χ2v) is 7.69. The number of benzene rings is 2. The third-order valence-corrected chi connectivity index (χ3v) is 5.02. The number of carbonyl (C=O) groups is 1. The van der Waals surface area contributed by atoms with Crippen LogP contribution >= 0.6 is 11.3 Å². The minimum atomic E-state index is -0.248. The van der Waals surface area contributed by atoms with Gasteiger partial charge in [0, 0.05) is 23.6 Å². The normalized spacial score (nSPS) is 11.3. The summed E-state index contributed by atoms with van der Waals surface area (Å²) in [6.45, 7) is 4.30. The Morgan fingerprint density at radius 1 is 1.15 bits per heavy atom. The van der Waals surface area contributed by atoms with Gasteiger partial charge < -0.3 is 0 Å². The number of aromatic nitrogens is 1. The highest BCUT2D eigenvalue weighted by Crippen LogP contribution is 2.21. The van der Waals surface area contributed by atoms with Crippen LogP contribution in [0.2, 0.25) is 0 Å². The summed E-state index contributed by atoms with van der Waals surface area (Å²) in [5.74, 6) is 0.0209. The molecule has 27 heavy (non-hydrogen) atoms. The quantitative estimate of drug-likeness (QED) is 0.562. The van der Waals surface area contributed by atoms with E-state index >= 15 is 0 Å². The van der Waals surface area contributed by atoms with Crippen LogP contribution in [0, 0.1) is 5.82 Å². The molecule has 0 radical (unpaired) electrons. The van der Waals surface area contributed by atoms with Gasteiger partial charge in [-0.2, -0.15) is 0 Å². The number of amides is 1. The van der Waals surface area contributed by atoms with Gasteiger partial charge in [-0.1, -0.05) is 50.2 Å². The molecule has 1 N–H and O–H groups in total. The van der Waals surface area contributed by atoms with Crippen LogP contribution in [0.15, 0.2) is 60.8 Å². The van der Waals surface area contributed by atoms with E-state index in [1.54, 1.807) is 24.4 Å². The van der Waals surface area contributed by atoms with Crippen molar-refractivity contribution in [1.29, 1.82) is 0 Å². The molecule has 0 aliphatic heterocycles. The lowest BCUT2D eigenvalue weighted by Gasteiger charge is -2.04. The first-order valence-electron chi connectivity index (χ1n) is 8.78. The summed E-state index contributed by atoms with van der Waals surface area (Å²) < 4.78 is 13.0. The van der Waals surface area contributed by atoms with Gasteiger partial charge in [0.2, 0.25) is 5.91 Å². The third kappa shape index (κ3) is 5.59. The Kier molecular flexibility index (Phi) is 6.14. The number of nitrogens with zero attached hydrogens (tertiary/aromatic N) is 1. The fourth-order valence-electron chi connectivity index (χ4n) is 2.56. The second kappa shape index (κ2) is 8.73. The maximum absolute atomic E-state index is 13.0. The standard InChI is InChI=1S/C22H21FN2OS/c1-15(2)18-8-3-16(4-9-18)7-12-21(26)25-22-24-14-20(27-22)13-17-5-10-19(23)11-6-17/h3-12,14-15H,13H2,1-2H3,(H,24,25,26). The number of carbonyl (C=O) groups excluding carboxylic acids is 1. The van der Waals surface area contributed by atoms with E-state index < -0.39 is 0 Å².